The van der Waals surface area contributed by atoms with Crippen LogP contribution in [0.25, 0.3) is 55.5 Å². The number of rotatable bonds is 1. The molecule has 1 aromatic heterocycles. The van der Waals surface area contributed by atoms with Crippen molar-refractivity contribution in [3.05, 3.63) is 91.0 Å². The van der Waals surface area contributed by atoms with Gasteiger partial charge in [0.15, 0.2) is 9.84 Å². The van der Waals surface area contributed by atoms with Crippen LogP contribution >= 0.6 is 0 Å². The monoisotopic (exact) mass is 609 g/mol. The number of benzene rings is 4. The maximum atomic E-state index is 13.1. The van der Waals surface area contributed by atoms with Crippen molar-refractivity contribution in [2.24, 2.45) is 0 Å². The predicted octanol–water partition coefficient (Wildman–Crippen LogP) is 6.16. The van der Waals surface area contributed by atoms with Gasteiger partial charge in [-0.2, -0.15) is 0 Å². The normalized spacial score (nSPS) is 13.9. The molecule has 0 unspecified atom stereocenters. The molecule has 0 amide bonds. The molecule has 0 saturated heterocycles. The van der Waals surface area contributed by atoms with E-state index < -0.39 is 9.84 Å². The molecule has 0 atom stereocenters. The van der Waals surface area contributed by atoms with Gasteiger partial charge in [0.1, 0.15) is 0 Å². The summed E-state index contributed by atoms with van der Waals surface area (Å²) in [6.45, 7) is 0. The molecule has 1 radical (unpaired) electrons. The Morgan fingerprint density at radius 3 is 2.19 bits per heavy atom. The van der Waals surface area contributed by atoms with Crippen LogP contribution in [0.2, 0.25) is 0 Å². The zero-order chi connectivity index (χ0) is 20.7. The molecule has 7 rings (SSSR count). The van der Waals surface area contributed by atoms with Crippen molar-refractivity contribution >= 4 is 20.7 Å². The Morgan fingerprint density at radius 2 is 1.38 bits per heavy atom. The van der Waals surface area contributed by atoms with Gasteiger partial charge in [-0.15, -0.1) is 23.8 Å². The maximum Gasteiger partial charge on any atom is 0.189 e. The Morgan fingerprint density at radius 1 is 0.688 bits per heavy atom. The molecule has 0 bridgehead atoms. The number of hydrogen-bond donors (Lipinski definition) is 0. The Kier molecular flexibility index (Phi) is 4.09. The standard InChI is InChI=1S/C27H14NO2S.Ir/c29-31(30)24-13-4-3-9-20(24)27-19(11-6-14-25(27)31)23-15-21-17-8-2-1-7-16(17)18-10-5-12-22(28-23)26(18)21;/h1-10,12-15H;/q-1;. The summed E-state index contributed by atoms with van der Waals surface area (Å²) in [5.41, 5.74) is 8.48. The van der Waals surface area contributed by atoms with Gasteiger partial charge in [0.05, 0.1) is 10.4 Å². The summed E-state index contributed by atoms with van der Waals surface area (Å²) < 4.78 is 26.3. The summed E-state index contributed by atoms with van der Waals surface area (Å²) in [5, 5.41) is 1.15. The summed E-state index contributed by atoms with van der Waals surface area (Å²) in [4.78, 5) is 5.64. The Labute approximate surface area is 199 Å². The number of sulfone groups is 1. The van der Waals surface area contributed by atoms with Crippen molar-refractivity contribution < 1.29 is 28.5 Å². The van der Waals surface area contributed by atoms with Crippen molar-refractivity contribution in [1.82, 2.24) is 4.98 Å². The molecule has 5 aromatic rings. The molecule has 3 nitrogen and oxygen atoms in total. The van der Waals surface area contributed by atoms with Crippen LogP contribution in [0.4, 0.5) is 0 Å². The molecule has 0 spiro atoms. The average Bonchev–Trinajstić information content (AvgIpc) is 3.25. The van der Waals surface area contributed by atoms with Crippen molar-refractivity contribution in [2.75, 3.05) is 0 Å². The zero-order valence-electron chi connectivity index (χ0n) is 16.6. The van der Waals surface area contributed by atoms with Gasteiger partial charge in [0, 0.05) is 25.5 Å². The minimum absolute atomic E-state index is 0. The minimum atomic E-state index is -3.54. The number of pyridine rings is 1. The van der Waals surface area contributed by atoms with E-state index in [1.165, 1.54) is 16.7 Å². The largest absolute Gasteiger partial charge is 0.296 e. The number of fused-ring (bicyclic) bond motifs is 6. The van der Waals surface area contributed by atoms with Gasteiger partial charge in [-0.3, -0.25) is 4.98 Å². The van der Waals surface area contributed by atoms with Gasteiger partial charge in [0.25, 0.3) is 0 Å². The first-order chi connectivity index (χ1) is 15.1. The minimum Gasteiger partial charge on any atom is -0.296 e. The van der Waals surface area contributed by atoms with E-state index in [1.54, 1.807) is 24.3 Å². The molecule has 1 aliphatic carbocycles. The molecule has 5 heteroatoms. The van der Waals surface area contributed by atoms with E-state index in [2.05, 4.69) is 36.4 Å². The predicted molar refractivity (Wildman–Crippen MR) is 121 cm³/mol. The van der Waals surface area contributed by atoms with Crippen LogP contribution in [0.1, 0.15) is 0 Å². The van der Waals surface area contributed by atoms with E-state index in [1.807, 2.05) is 30.3 Å². The van der Waals surface area contributed by atoms with Crippen LogP contribution < -0.4 is 0 Å². The van der Waals surface area contributed by atoms with E-state index >= 15 is 0 Å². The third-order valence-electron chi connectivity index (χ3n) is 6.29. The molecule has 4 aromatic carbocycles. The molecular formula is C27H14IrNO2S-. The molecule has 155 valence electrons. The van der Waals surface area contributed by atoms with Crippen LogP contribution in [0, 0.1) is 6.07 Å². The fraction of sp³-hybridized carbons (Fsp3) is 0. The quantitative estimate of drug-likeness (QED) is 0.210. The smallest absolute Gasteiger partial charge is 0.189 e. The third-order valence-corrected chi connectivity index (χ3v) is 8.15. The first-order valence-corrected chi connectivity index (χ1v) is 11.6. The van der Waals surface area contributed by atoms with E-state index in [0.717, 1.165) is 33.3 Å². The number of nitrogens with zero attached hydrogens (tertiary/aromatic N) is 1. The van der Waals surface area contributed by atoms with Gasteiger partial charge in [-0.05, 0) is 50.5 Å². The first kappa shape index (κ1) is 19.6. The average molecular weight is 609 g/mol. The third kappa shape index (κ3) is 2.39. The summed E-state index contributed by atoms with van der Waals surface area (Å²) in [6, 6.07) is 30.4. The molecular weight excluding hydrogens is 595 g/mol. The maximum absolute atomic E-state index is 13.1. The first-order valence-electron chi connectivity index (χ1n) is 10.1. The van der Waals surface area contributed by atoms with E-state index in [9.17, 15) is 8.42 Å². The SMILES string of the molecule is O=S1(=O)c2ccccc2-c2c(-c3cc4c5c(cccc5n3)-c3ccccc3-4)[c-]ccc21.[Ir]. The van der Waals surface area contributed by atoms with Gasteiger partial charge in [-0.25, -0.2) is 8.42 Å². The van der Waals surface area contributed by atoms with Crippen molar-refractivity contribution in [3.8, 4) is 44.6 Å². The molecule has 1 aliphatic heterocycles. The van der Waals surface area contributed by atoms with Gasteiger partial charge < -0.3 is 0 Å². The van der Waals surface area contributed by atoms with Gasteiger partial charge >= 0.3 is 0 Å². The fourth-order valence-electron chi connectivity index (χ4n) is 5.00. The van der Waals surface area contributed by atoms with Gasteiger partial charge in [-0.1, -0.05) is 66.2 Å². The van der Waals surface area contributed by atoms with Crippen molar-refractivity contribution in [3.63, 3.8) is 0 Å². The second-order valence-electron chi connectivity index (χ2n) is 7.89. The Hall–Kier alpha value is -3.11. The van der Waals surface area contributed by atoms with Crippen molar-refractivity contribution in [1.29, 1.82) is 0 Å². The fourth-order valence-corrected chi connectivity index (χ4v) is 6.69. The van der Waals surface area contributed by atoms with Crippen molar-refractivity contribution in [2.45, 2.75) is 9.79 Å². The Balaban J connectivity index is 0.00000196. The van der Waals surface area contributed by atoms with E-state index in [-0.39, 0.29) is 20.1 Å². The molecule has 0 fully saturated rings. The van der Waals surface area contributed by atoms with Crippen LogP contribution in [0.3, 0.4) is 0 Å². The van der Waals surface area contributed by atoms with Crippen LogP contribution in [-0.2, 0) is 29.9 Å². The second kappa shape index (κ2) is 6.69. The summed E-state index contributed by atoms with van der Waals surface area (Å²) in [5.74, 6) is 0. The summed E-state index contributed by atoms with van der Waals surface area (Å²) in [6.07, 6.45) is 0. The topological polar surface area (TPSA) is 47.0 Å². The molecule has 2 heterocycles. The Bertz CT molecular complexity index is 1710. The van der Waals surface area contributed by atoms with Crippen LogP contribution in [-0.4, -0.2) is 13.4 Å². The summed E-state index contributed by atoms with van der Waals surface area (Å²) >= 11 is 0. The molecule has 2 aliphatic rings. The molecule has 0 N–H and O–H groups in total. The zero-order valence-corrected chi connectivity index (χ0v) is 19.8. The molecule has 32 heavy (non-hydrogen) atoms. The number of hydrogen-bond acceptors (Lipinski definition) is 3. The van der Waals surface area contributed by atoms with Crippen LogP contribution in [0.15, 0.2) is 94.7 Å². The van der Waals surface area contributed by atoms with Gasteiger partial charge in [0.2, 0.25) is 0 Å². The molecule has 0 saturated carbocycles. The van der Waals surface area contributed by atoms with E-state index in [4.69, 9.17) is 4.98 Å². The summed E-state index contributed by atoms with van der Waals surface area (Å²) in [7, 11) is -3.54. The second-order valence-corrected chi connectivity index (χ2v) is 9.78. The van der Waals surface area contributed by atoms with Crippen LogP contribution in [0.5, 0.6) is 0 Å². The number of aromatic nitrogens is 1. The van der Waals surface area contributed by atoms with E-state index in [0.29, 0.717) is 15.4 Å².